The van der Waals surface area contributed by atoms with Crippen LogP contribution >= 0.6 is 0 Å². The van der Waals surface area contributed by atoms with Crippen LogP contribution in [0.5, 0.6) is 5.75 Å². The molecule has 2 atom stereocenters. The van der Waals surface area contributed by atoms with Gasteiger partial charge in [-0.15, -0.1) is 13.2 Å². The van der Waals surface area contributed by atoms with Gasteiger partial charge in [0, 0.05) is 13.1 Å². The highest BCUT2D eigenvalue weighted by molar-refractivity contribution is 5.62. The first kappa shape index (κ1) is 21.5. The molecule has 1 amide bonds. The Morgan fingerprint density at radius 3 is 2.43 bits per heavy atom. The predicted octanol–water partition coefficient (Wildman–Crippen LogP) is 1.58. The van der Waals surface area contributed by atoms with Crippen LogP contribution in [-0.4, -0.2) is 36.3 Å². The van der Waals surface area contributed by atoms with Crippen LogP contribution in [0.3, 0.4) is 0 Å². The van der Waals surface area contributed by atoms with Crippen molar-refractivity contribution < 1.29 is 32.9 Å². The molecule has 0 aliphatic heterocycles. The molecule has 0 fully saturated rings. The third kappa shape index (κ3) is 7.85. The van der Waals surface area contributed by atoms with E-state index in [2.05, 4.69) is 15.4 Å². The van der Waals surface area contributed by atoms with E-state index in [1.165, 1.54) is 18.2 Å². The lowest BCUT2D eigenvalue weighted by atomic mass is 10.0. The number of hydrogen-bond donors (Lipinski definition) is 3. The minimum Gasteiger partial charge on any atom is -0.530 e. The molecule has 2 aromatic rings. The lowest BCUT2D eigenvalue weighted by molar-refractivity contribution is -0.274. The van der Waals surface area contributed by atoms with Crippen LogP contribution in [0.4, 0.5) is 18.0 Å². The van der Waals surface area contributed by atoms with Gasteiger partial charge in [-0.1, -0.05) is 42.5 Å². The van der Waals surface area contributed by atoms with Gasteiger partial charge < -0.3 is 30.4 Å². The summed E-state index contributed by atoms with van der Waals surface area (Å²) in [4.78, 5) is 10.9. The van der Waals surface area contributed by atoms with Crippen LogP contribution in [0.15, 0.2) is 54.6 Å². The predicted molar refractivity (Wildman–Crippen MR) is 93.3 cm³/mol. The number of alkyl halides is 3. The summed E-state index contributed by atoms with van der Waals surface area (Å²) in [7, 11) is 0. The Balaban J connectivity index is 1.90. The molecule has 2 unspecified atom stereocenters. The number of nitrogens with one attached hydrogen (secondary N) is 2. The Morgan fingerprint density at radius 1 is 1.11 bits per heavy atom. The first-order valence-corrected chi connectivity index (χ1v) is 8.48. The highest BCUT2D eigenvalue weighted by Crippen LogP contribution is 2.23. The molecule has 2 aromatic carbocycles. The molecule has 152 valence electrons. The molecule has 0 saturated carbocycles. The fourth-order valence-corrected chi connectivity index (χ4v) is 2.66. The molecule has 0 aliphatic rings. The molecular weight excluding hydrogens is 377 g/mol. The van der Waals surface area contributed by atoms with Gasteiger partial charge in [0.25, 0.3) is 0 Å². The minimum absolute atomic E-state index is 0.0160. The molecule has 0 aliphatic carbocycles. The second-order valence-electron chi connectivity index (χ2n) is 6.12. The van der Waals surface area contributed by atoms with Crippen molar-refractivity contribution in [2.45, 2.75) is 31.5 Å². The fourth-order valence-electron chi connectivity index (χ4n) is 2.66. The minimum atomic E-state index is -4.77. The van der Waals surface area contributed by atoms with E-state index in [1.54, 1.807) is 30.3 Å². The fraction of sp³-hybridized carbons (Fsp3) is 0.316. The monoisotopic (exact) mass is 397 g/mol. The SMILES string of the molecule is O=C([O-])NC(Cc1ccccc1)C(O)CNCc1cccc(OC(F)(F)F)c1. The Hall–Kier alpha value is -2.78. The second-order valence-corrected chi connectivity index (χ2v) is 6.12. The van der Waals surface area contributed by atoms with Crippen molar-refractivity contribution in [1.82, 2.24) is 10.6 Å². The van der Waals surface area contributed by atoms with E-state index in [0.29, 0.717) is 5.56 Å². The molecule has 0 bridgehead atoms. The number of carbonyl (C=O) groups is 1. The summed E-state index contributed by atoms with van der Waals surface area (Å²) in [6.45, 7) is 0.178. The summed E-state index contributed by atoms with van der Waals surface area (Å²) < 4.78 is 40.7. The Labute approximate surface area is 160 Å². The summed E-state index contributed by atoms with van der Waals surface area (Å²) in [6, 6.07) is 13.6. The van der Waals surface area contributed by atoms with Gasteiger partial charge >= 0.3 is 6.36 Å². The van der Waals surface area contributed by atoms with Crippen molar-refractivity contribution in [1.29, 1.82) is 0 Å². The Kier molecular flexibility index (Phi) is 7.65. The summed E-state index contributed by atoms with van der Waals surface area (Å²) in [5.41, 5.74) is 1.35. The van der Waals surface area contributed by atoms with Gasteiger partial charge in [-0.25, -0.2) is 0 Å². The number of hydrogen-bond acceptors (Lipinski definition) is 5. The number of benzene rings is 2. The average Bonchev–Trinajstić information content (AvgIpc) is 2.60. The Bertz CT molecular complexity index is 756. The number of ether oxygens (including phenoxy) is 1. The zero-order valence-corrected chi connectivity index (χ0v) is 14.8. The summed E-state index contributed by atoms with van der Waals surface area (Å²) in [6.07, 6.45) is -7.10. The number of carbonyl (C=O) groups excluding carboxylic acids is 1. The molecule has 0 radical (unpaired) electrons. The van der Waals surface area contributed by atoms with Crippen molar-refractivity contribution in [3.8, 4) is 5.75 Å². The van der Waals surface area contributed by atoms with Crippen LogP contribution in [0.1, 0.15) is 11.1 Å². The van der Waals surface area contributed by atoms with Crippen molar-refractivity contribution in [2.75, 3.05) is 6.54 Å². The maximum absolute atomic E-state index is 12.3. The number of aliphatic hydroxyl groups is 1. The lowest BCUT2D eigenvalue weighted by Crippen LogP contribution is -2.52. The summed E-state index contributed by atoms with van der Waals surface area (Å²) >= 11 is 0. The van der Waals surface area contributed by atoms with Gasteiger partial charge in [-0.05, 0) is 29.7 Å². The number of rotatable bonds is 9. The van der Waals surface area contributed by atoms with Gasteiger partial charge in [0.15, 0.2) is 0 Å². The molecule has 0 spiro atoms. The van der Waals surface area contributed by atoms with E-state index in [4.69, 9.17) is 0 Å². The normalized spacial score (nSPS) is 13.6. The highest BCUT2D eigenvalue weighted by Gasteiger charge is 2.31. The van der Waals surface area contributed by atoms with Crippen LogP contribution in [0.25, 0.3) is 0 Å². The molecule has 0 saturated heterocycles. The molecule has 28 heavy (non-hydrogen) atoms. The van der Waals surface area contributed by atoms with Crippen LogP contribution in [0, 0.1) is 0 Å². The molecular formula is C19H20F3N2O4-. The molecule has 2 rings (SSSR count). The van der Waals surface area contributed by atoms with Gasteiger partial charge in [0.05, 0.1) is 12.1 Å². The maximum atomic E-state index is 12.3. The van der Waals surface area contributed by atoms with E-state index in [1.807, 2.05) is 6.07 Å². The van der Waals surface area contributed by atoms with Gasteiger partial charge in [-0.2, -0.15) is 0 Å². The second kappa shape index (κ2) is 9.95. The van der Waals surface area contributed by atoms with Gasteiger partial charge in [-0.3, -0.25) is 0 Å². The Morgan fingerprint density at radius 2 is 1.79 bits per heavy atom. The maximum Gasteiger partial charge on any atom is 0.573 e. The van der Waals surface area contributed by atoms with Crippen molar-refractivity contribution in [2.24, 2.45) is 0 Å². The van der Waals surface area contributed by atoms with Crippen molar-refractivity contribution in [3.05, 3.63) is 65.7 Å². The number of halogens is 3. The molecule has 0 aromatic heterocycles. The molecule has 9 heteroatoms. The zero-order chi connectivity index (χ0) is 20.6. The third-order valence-electron chi connectivity index (χ3n) is 3.88. The van der Waals surface area contributed by atoms with E-state index < -0.39 is 24.6 Å². The first-order chi connectivity index (χ1) is 13.2. The lowest BCUT2D eigenvalue weighted by Gasteiger charge is -2.26. The topological polar surface area (TPSA) is 93.7 Å². The quantitative estimate of drug-likeness (QED) is 0.597. The molecule has 3 N–H and O–H groups in total. The number of amides is 1. The number of carboxylic acid groups (broad SMARTS) is 1. The largest absolute Gasteiger partial charge is 0.573 e. The summed E-state index contributed by atoms with van der Waals surface area (Å²) in [5.74, 6) is -0.340. The standard InChI is InChI=1S/C19H21F3N2O4/c20-19(21,22)28-15-8-4-7-14(9-15)11-23-12-17(25)16(24-18(26)27)10-13-5-2-1-3-6-13/h1-9,16-17,23-25H,10-12H2,(H,26,27)/p-1. The van der Waals surface area contributed by atoms with Gasteiger partial charge in [0.1, 0.15) is 11.8 Å². The highest BCUT2D eigenvalue weighted by atomic mass is 19.4. The summed E-state index contributed by atoms with van der Waals surface area (Å²) in [5, 5.41) is 26.3. The molecule has 0 heterocycles. The van der Waals surface area contributed by atoms with Crippen molar-refractivity contribution in [3.63, 3.8) is 0 Å². The van der Waals surface area contributed by atoms with Crippen LogP contribution in [-0.2, 0) is 13.0 Å². The van der Waals surface area contributed by atoms with E-state index in [0.717, 1.165) is 5.56 Å². The van der Waals surface area contributed by atoms with Crippen LogP contribution in [0.2, 0.25) is 0 Å². The first-order valence-electron chi connectivity index (χ1n) is 8.48. The zero-order valence-electron chi connectivity index (χ0n) is 14.8. The average molecular weight is 397 g/mol. The smallest absolute Gasteiger partial charge is 0.530 e. The van der Waals surface area contributed by atoms with Gasteiger partial charge in [0.2, 0.25) is 0 Å². The van der Waals surface area contributed by atoms with Crippen LogP contribution < -0.4 is 20.5 Å². The van der Waals surface area contributed by atoms with E-state index >= 15 is 0 Å². The van der Waals surface area contributed by atoms with Crippen molar-refractivity contribution >= 4 is 6.09 Å². The molecule has 6 nitrogen and oxygen atoms in total. The third-order valence-corrected chi connectivity index (χ3v) is 3.88. The van der Waals surface area contributed by atoms with E-state index in [-0.39, 0.29) is 25.3 Å². The number of aliphatic hydroxyl groups excluding tert-OH is 1. The van der Waals surface area contributed by atoms with E-state index in [9.17, 15) is 28.2 Å².